The number of aromatic nitrogens is 1. The van der Waals surface area contributed by atoms with Crippen LogP contribution in [0.25, 0.3) is 0 Å². The first-order valence-corrected chi connectivity index (χ1v) is 14.8. The van der Waals surface area contributed by atoms with Gasteiger partial charge in [-0.2, -0.15) is 0 Å². The smallest absolute Gasteiger partial charge is 0.270 e. The highest BCUT2D eigenvalue weighted by atomic mass is 16.5. The number of likely N-dealkylation sites (tertiary alicyclic amines) is 1. The third kappa shape index (κ3) is 3.07. The van der Waals surface area contributed by atoms with E-state index in [4.69, 9.17) is 9.47 Å². The van der Waals surface area contributed by atoms with Crippen molar-refractivity contribution in [2.24, 2.45) is 5.92 Å². The van der Waals surface area contributed by atoms with Crippen molar-refractivity contribution >= 4 is 11.6 Å². The standard InChI is InChI=1S/C33H38N4O3/c1-19-7-5-6-8-24(19)36-13-15-37(16-14-36)32(38)28-20(2)22-18-23-25-17-21-9-10-26(39-4)30-27(21)33(23,11-12-35(25)3)31(40-30)29(22)34-28/h5-10,23,25,31,34H,11-18H2,1-4H3/t23?,25-,31+,33+/m1/s1. The Balaban J connectivity index is 1.14. The number of para-hydroxylation sites is 1. The summed E-state index contributed by atoms with van der Waals surface area (Å²) in [7, 11) is 4.02. The number of piperidine rings is 1. The van der Waals surface area contributed by atoms with Gasteiger partial charge in [0.1, 0.15) is 11.8 Å². The van der Waals surface area contributed by atoms with Gasteiger partial charge in [0.05, 0.1) is 12.8 Å². The van der Waals surface area contributed by atoms with E-state index >= 15 is 0 Å². The van der Waals surface area contributed by atoms with Crippen LogP contribution in [-0.4, -0.2) is 73.6 Å². The summed E-state index contributed by atoms with van der Waals surface area (Å²) in [6, 6.07) is 13.3. The van der Waals surface area contributed by atoms with Crippen molar-refractivity contribution in [1.82, 2.24) is 14.8 Å². The molecule has 4 atom stereocenters. The average Bonchev–Trinajstić information content (AvgIpc) is 3.49. The van der Waals surface area contributed by atoms with Crippen molar-refractivity contribution in [3.8, 4) is 11.5 Å². The fourth-order valence-electron chi connectivity index (χ4n) is 8.88. The molecule has 40 heavy (non-hydrogen) atoms. The maximum Gasteiger partial charge on any atom is 0.270 e. The number of H-pyrrole nitrogens is 1. The van der Waals surface area contributed by atoms with Crippen molar-refractivity contribution in [2.45, 2.75) is 50.7 Å². The molecule has 0 radical (unpaired) electrons. The van der Waals surface area contributed by atoms with Crippen LogP contribution in [-0.2, 0) is 18.3 Å². The number of rotatable bonds is 3. The lowest BCUT2D eigenvalue weighted by Crippen LogP contribution is -2.62. The number of ether oxygens (including phenoxy) is 2. The molecular weight excluding hydrogens is 500 g/mol. The van der Waals surface area contributed by atoms with E-state index in [1.807, 2.05) is 4.90 Å². The molecule has 2 saturated heterocycles. The second kappa shape index (κ2) is 8.53. The highest BCUT2D eigenvalue weighted by Crippen LogP contribution is 2.67. The van der Waals surface area contributed by atoms with Gasteiger partial charge in [-0.3, -0.25) is 4.79 Å². The van der Waals surface area contributed by atoms with Crippen LogP contribution >= 0.6 is 0 Å². The number of anilines is 1. The van der Waals surface area contributed by atoms with Crippen LogP contribution in [0.5, 0.6) is 11.5 Å². The summed E-state index contributed by atoms with van der Waals surface area (Å²) in [5.74, 6) is 2.33. The third-order valence-corrected chi connectivity index (χ3v) is 10.9. The minimum atomic E-state index is -0.110. The fourth-order valence-corrected chi connectivity index (χ4v) is 8.88. The highest BCUT2D eigenvalue weighted by molar-refractivity contribution is 5.95. The van der Waals surface area contributed by atoms with E-state index in [0.717, 1.165) is 80.4 Å². The van der Waals surface area contributed by atoms with Gasteiger partial charge in [0.2, 0.25) is 0 Å². The molecule has 5 aliphatic rings. The Morgan fingerprint density at radius 1 is 1.05 bits per heavy atom. The number of likely N-dealkylation sites (N-methyl/N-ethyl adjacent to an activating group) is 1. The van der Waals surface area contributed by atoms with Gasteiger partial charge >= 0.3 is 0 Å². The molecule has 7 heteroatoms. The molecule has 2 aliphatic carbocycles. The zero-order chi connectivity index (χ0) is 27.3. The Morgan fingerprint density at radius 3 is 2.62 bits per heavy atom. The maximum absolute atomic E-state index is 14.0. The number of piperazine rings is 1. The molecule has 1 aromatic heterocycles. The van der Waals surface area contributed by atoms with Crippen molar-refractivity contribution in [3.63, 3.8) is 0 Å². The van der Waals surface area contributed by atoms with E-state index in [0.29, 0.717) is 12.0 Å². The predicted octanol–water partition coefficient (Wildman–Crippen LogP) is 4.41. The number of carbonyl (C=O) groups excluding carboxylic acids is 1. The molecule has 4 heterocycles. The molecule has 1 N–H and O–H groups in total. The number of benzene rings is 2. The normalized spacial score (nSPS) is 28.1. The minimum absolute atomic E-state index is 0.0710. The predicted molar refractivity (Wildman–Crippen MR) is 155 cm³/mol. The van der Waals surface area contributed by atoms with Crippen molar-refractivity contribution in [2.75, 3.05) is 51.8 Å². The lowest BCUT2D eigenvalue weighted by Gasteiger charge is -2.57. The second-order valence-corrected chi connectivity index (χ2v) is 12.6. The van der Waals surface area contributed by atoms with E-state index in [1.54, 1.807) is 7.11 Å². The Kier molecular flexibility index (Phi) is 5.19. The van der Waals surface area contributed by atoms with Gasteiger partial charge in [-0.25, -0.2) is 0 Å². The Bertz CT molecular complexity index is 1540. The molecular formula is C33H38N4O3. The topological polar surface area (TPSA) is 61.0 Å². The van der Waals surface area contributed by atoms with Crippen molar-refractivity contribution in [3.05, 3.63) is 75.6 Å². The molecule has 208 valence electrons. The van der Waals surface area contributed by atoms with Crippen LogP contribution in [0.2, 0.25) is 0 Å². The Morgan fingerprint density at radius 2 is 1.85 bits per heavy atom. The van der Waals surface area contributed by atoms with Crippen molar-refractivity contribution < 1.29 is 14.3 Å². The number of hydrogen-bond acceptors (Lipinski definition) is 5. The lowest BCUT2D eigenvalue weighted by atomic mass is 9.51. The molecule has 1 unspecified atom stereocenters. The summed E-state index contributed by atoms with van der Waals surface area (Å²) >= 11 is 0. The van der Waals surface area contributed by atoms with E-state index in [9.17, 15) is 4.79 Å². The summed E-state index contributed by atoms with van der Waals surface area (Å²) in [6.07, 6.45) is 2.98. The summed E-state index contributed by atoms with van der Waals surface area (Å²) in [6.45, 7) is 8.50. The van der Waals surface area contributed by atoms with Gasteiger partial charge in [0.15, 0.2) is 11.5 Å². The summed E-state index contributed by atoms with van der Waals surface area (Å²) in [4.78, 5) is 24.7. The van der Waals surface area contributed by atoms with Gasteiger partial charge in [-0.05, 0) is 87.0 Å². The van der Waals surface area contributed by atoms with Crippen molar-refractivity contribution in [1.29, 1.82) is 0 Å². The largest absolute Gasteiger partial charge is 0.493 e. The van der Waals surface area contributed by atoms with Crippen LogP contribution in [0.15, 0.2) is 36.4 Å². The number of aromatic amines is 1. The van der Waals surface area contributed by atoms with Gasteiger partial charge in [0.25, 0.3) is 5.91 Å². The number of fused-ring (bicyclic) bond motifs is 2. The molecule has 1 amide bonds. The Labute approximate surface area is 236 Å². The average molecular weight is 539 g/mol. The van der Waals surface area contributed by atoms with Crippen LogP contribution in [0, 0.1) is 19.8 Å². The minimum Gasteiger partial charge on any atom is -0.493 e. The lowest BCUT2D eigenvalue weighted by molar-refractivity contribution is -0.0256. The number of methoxy groups -OCH3 is 1. The zero-order valence-corrected chi connectivity index (χ0v) is 23.9. The van der Waals surface area contributed by atoms with Gasteiger partial charge in [-0.15, -0.1) is 0 Å². The molecule has 7 nitrogen and oxygen atoms in total. The quantitative estimate of drug-likeness (QED) is 0.536. The molecule has 3 aliphatic heterocycles. The molecule has 3 aromatic rings. The van der Waals surface area contributed by atoms with Crippen LogP contribution in [0.4, 0.5) is 5.69 Å². The first-order chi connectivity index (χ1) is 19.4. The number of aryl methyl sites for hydroxylation is 1. The second-order valence-electron chi connectivity index (χ2n) is 12.6. The number of carbonyl (C=O) groups is 1. The van der Waals surface area contributed by atoms with Gasteiger partial charge in [-0.1, -0.05) is 24.3 Å². The molecule has 2 bridgehead atoms. The van der Waals surface area contributed by atoms with Crippen LogP contribution in [0.3, 0.4) is 0 Å². The SMILES string of the molecule is COc1ccc2c3c1O[C@H]1c4[nH]c(C(=O)N5CCN(c6ccccc6C)CC5)c(C)c4CC4[C@@H](C2)N(C)CC[C@@]341. The van der Waals surface area contributed by atoms with E-state index < -0.39 is 0 Å². The maximum atomic E-state index is 14.0. The van der Waals surface area contributed by atoms with E-state index in [-0.39, 0.29) is 17.4 Å². The van der Waals surface area contributed by atoms with E-state index in [1.165, 1.54) is 27.9 Å². The summed E-state index contributed by atoms with van der Waals surface area (Å²) in [5, 5.41) is 0. The van der Waals surface area contributed by atoms with Crippen LogP contribution in [0.1, 0.15) is 56.5 Å². The summed E-state index contributed by atoms with van der Waals surface area (Å²) < 4.78 is 12.7. The number of amides is 1. The summed E-state index contributed by atoms with van der Waals surface area (Å²) in [5.41, 5.74) is 9.53. The number of hydrogen-bond donors (Lipinski definition) is 1. The fraction of sp³-hybridized carbons (Fsp3) is 0.485. The number of nitrogens with zero attached hydrogens (tertiary/aromatic N) is 3. The number of nitrogens with one attached hydrogen (secondary N) is 1. The van der Waals surface area contributed by atoms with Gasteiger partial charge in [0, 0.05) is 48.9 Å². The van der Waals surface area contributed by atoms with E-state index in [2.05, 4.69) is 72.1 Å². The first kappa shape index (κ1) is 24.4. The molecule has 2 fully saturated rings. The molecule has 2 aromatic carbocycles. The first-order valence-electron chi connectivity index (χ1n) is 14.8. The molecule has 0 saturated carbocycles. The van der Waals surface area contributed by atoms with Crippen LogP contribution < -0.4 is 14.4 Å². The zero-order valence-electron chi connectivity index (χ0n) is 23.9. The molecule has 1 spiro atoms. The molecule has 8 rings (SSSR count). The van der Waals surface area contributed by atoms with Gasteiger partial charge < -0.3 is 29.2 Å². The third-order valence-electron chi connectivity index (χ3n) is 10.9. The Hall–Kier alpha value is -3.45. The highest BCUT2D eigenvalue weighted by Gasteiger charge is 2.65. The monoisotopic (exact) mass is 538 g/mol.